The van der Waals surface area contributed by atoms with Crippen LogP contribution in [0.1, 0.15) is 32.3 Å². The highest BCUT2D eigenvalue weighted by molar-refractivity contribution is 14.1. The Labute approximate surface area is 98.7 Å². The number of hydrogen-bond donors (Lipinski definition) is 1. The van der Waals surface area contributed by atoms with Gasteiger partial charge in [0.2, 0.25) is 0 Å². The predicted octanol–water partition coefficient (Wildman–Crippen LogP) is 2.56. The van der Waals surface area contributed by atoms with Crippen molar-refractivity contribution in [2.45, 2.75) is 34.1 Å². The molecule has 0 aliphatic heterocycles. The molecule has 0 fully saturated rings. The van der Waals surface area contributed by atoms with Crippen LogP contribution in [0, 0.1) is 15.9 Å². The van der Waals surface area contributed by atoms with Gasteiger partial charge in [0.1, 0.15) is 11.6 Å². The molecule has 0 aromatic carbocycles. The van der Waals surface area contributed by atoms with Crippen molar-refractivity contribution < 1.29 is 0 Å². The van der Waals surface area contributed by atoms with E-state index in [2.05, 4.69) is 53.3 Å². The van der Waals surface area contributed by atoms with Gasteiger partial charge in [-0.2, -0.15) is 0 Å². The third-order valence-corrected chi connectivity index (χ3v) is 3.11. The van der Waals surface area contributed by atoms with Gasteiger partial charge in [0.05, 0.1) is 9.26 Å². The zero-order chi connectivity index (χ0) is 10.9. The van der Waals surface area contributed by atoms with Crippen LogP contribution >= 0.6 is 22.6 Å². The van der Waals surface area contributed by atoms with E-state index >= 15 is 0 Å². The van der Waals surface area contributed by atoms with Gasteiger partial charge in [0.25, 0.3) is 0 Å². The normalized spacial score (nSPS) is 11.8. The van der Waals surface area contributed by atoms with Gasteiger partial charge < -0.3 is 5.73 Å². The highest BCUT2D eigenvalue weighted by atomic mass is 127. The van der Waals surface area contributed by atoms with E-state index in [0.717, 1.165) is 21.5 Å². The van der Waals surface area contributed by atoms with Crippen molar-refractivity contribution in [1.82, 2.24) is 9.97 Å². The second-order valence-corrected chi connectivity index (χ2v) is 5.74. The molecule has 1 heterocycles. The molecule has 4 heteroatoms. The Morgan fingerprint density at radius 2 is 1.86 bits per heavy atom. The first kappa shape index (κ1) is 11.7. The number of aryl methyl sites for hydroxylation is 1. The second-order valence-electron chi connectivity index (χ2n) is 4.66. The molecule has 14 heavy (non-hydrogen) atoms. The molecule has 0 aliphatic rings. The molecule has 0 bridgehead atoms. The number of nitrogens with two attached hydrogens (primary N) is 1. The van der Waals surface area contributed by atoms with Gasteiger partial charge in [-0.15, -0.1) is 0 Å². The van der Waals surface area contributed by atoms with Crippen LogP contribution in [-0.2, 0) is 6.42 Å². The predicted molar refractivity (Wildman–Crippen MR) is 67.1 cm³/mol. The average molecular weight is 305 g/mol. The summed E-state index contributed by atoms with van der Waals surface area (Å²) < 4.78 is 0.959. The molecule has 1 aromatic heterocycles. The molecule has 0 aliphatic carbocycles. The Hall–Kier alpha value is -0.390. The summed E-state index contributed by atoms with van der Waals surface area (Å²) in [5, 5.41) is 0. The van der Waals surface area contributed by atoms with E-state index in [0.29, 0.717) is 5.82 Å². The Morgan fingerprint density at radius 1 is 1.29 bits per heavy atom. The summed E-state index contributed by atoms with van der Waals surface area (Å²) in [6.45, 7) is 8.46. The molecule has 0 radical (unpaired) electrons. The third-order valence-electron chi connectivity index (χ3n) is 1.78. The zero-order valence-electron chi connectivity index (χ0n) is 9.06. The van der Waals surface area contributed by atoms with Gasteiger partial charge in [-0.25, -0.2) is 9.97 Å². The Bertz CT molecular complexity index is 319. The van der Waals surface area contributed by atoms with Crippen molar-refractivity contribution in [2.24, 2.45) is 5.41 Å². The molecule has 0 unspecified atom stereocenters. The SMILES string of the molecule is Cc1nc(CC(C)(C)C)nc(N)c1I. The summed E-state index contributed by atoms with van der Waals surface area (Å²) in [7, 11) is 0. The van der Waals surface area contributed by atoms with Gasteiger partial charge in [0, 0.05) is 6.42 Å². The van der Waals surface area contributed by atoms with Crippen LogP contribution in [0.2, 0.25) is 0 Å². The second kappa shape index (κ2) is 4.00. The quantitative estimate of drug-likeness (QED) is 0.811. The molecule has 0 saturated heterocycles. The van der Waals surface area contributed by atoms with Gasteiger partial charge in [-0.1, -0.05) is 20.8 Å². The minimum atomic E-state index is 0.200. The van der Waals surface area contributed by atoms with Crippen molar-refractivity contribution in [1.29, 1.82) is 0 Å². The summed E-state index contributed by atoms with van der Waals surface area (Å²) in [6, 6.07) is 0. The summed E-state index contributed by atoms with van der Waals surface area (Å²) in [6.07, 6.45) is 0.856. The molecule has 1 aromatic rings. The molecule has 0 saturated carbocycles. The highest BCUT2D eigenvalue weighted by Gasteiger charge is 2.15. The van der Waals surface area contributed by atoms with Gasteiger partial charge in [-0.05, 0) is 34.9 Å². The van der Waals surface area contributed by atoms with Crippen LogP contribution in [0.5, 0.6) is 0 Å². The molecule has 3 nitrogen and oxygen atoms in total. The van der Waals surface area contributed by atoms with Crippen molar-refractivity contribution in [3.05, 3.63) is 15.1 Å². The maximum Gasteiger partial charge on any atom is 0.140 e. The molecule has 0 spiro atoms. The average Bonchev–Trinajstić information content (AvgIpc) is 1.96. The molecule has 1 rings (SSSR count). The Balaban J connectivity index is 3.02. The van der Waals surface area contributed by atoms with Crippen LogP contribution in [0.25, 0.3) is 0 Å². The van der Waals surface area contributed by atoms with E-state index in [1.807, 2.05) is 6.92 Å². The van der Waals surface area contributed by atoms with Crippen molar-refractivity contribution in [3.8, 4) is 0 Å². The molecule has 78 valence electrons. The lowest BCUT2D eigenvalue weighted by Crippen LogP contribution is -2.14. The number of halogens is 1. The first-order valence-corrected chi connectivity index (χ1v) is 5.66. The van der Waals surface area contributed by atoms with Crippen molar-refractivity contribution in [2.75, 3.05) is 5.73 Å². The first-order chi connectivity index (χ1) is 6.29. The van der Waals surface area contributed by atoms with Crippen LogP contribution in [0.15, 0.2) is 0 Å². The lowest BCUT2D eigenvalue weighted by molar-refractivity contribution is 0.400. The molecular weight excluding hydrogens is 289 g/mol. The largest absolute Gasteiger partial charge is 0.383 e. The van der Waals surface area contributed by atoms with Gasteiger partial charge in [-0.3, -0.25) is 0 Å². The lowest BCUT2D eigenvalue weighted by atomic mass is 9.92. The summed E-state index contributed by atoms with van der Waals surface area (Å²) in [4.78, 5) is 8.70. The van der Waals surface area contributed by atoms with Crippen LogP contribution < -0.4 is 5.73 Å². The van der Waals surface area contributed by atoms with Crippen LogP contribution in [0.3, 0.4) is 0 Å². The third kappa shape index (κ3) is 3.08. The summed E-state index contributed by atoms with van der Waals surface area (Å²) >= 11 is 2.17. The summed E-state index contributed by atoms with van der Waals surface area (Å²) in [5.74, 6) is 1.44. The fourth-order valence-corrected chi connectivity index (χ4v) is 1.44. The number of rotatable bonds is 1. The maximum atomic E-state index is 5.78. The summed E-state index contributed by atoms with van der Waals surface area (Å²) in [5.41, 5.74) is 6.95. The van der Waals surface area contributed by atoms with Crippen LogP contribution in [0.4, 0.5) is 5.82 Å². The molecule has 0 atom stereocenters. The number of aromatic nitrogens is 2. The fourth-order valence-electron chi connectivity index (χ4n) is 1.19. The van der Waals surface area contributed by atoms with E-state index in [-0.39, 0.29) is 5.41 Å². The topological polar surface area (TPSA) is 51.8 Å². The van der Waals surface area contributed by atoms with Crippen molar-refractivity contribution in [3.63, 3.8) is 0 Å². The Morgan fingerprint density at radius 3 is 2.29 bits per heavy atom. The maximum absolute atomic E-state index is 5.78. The molecule has 0 amide bonds. The Kier molecular flexibility index (Phi) is 3.34. The standard InChI is InChI=1S/C10H16IN3/c1-6-8(11)9(12)14-7(13-6)5-10(2,3)4/h5H2,1-4H3,(H2,12,13,14). The van der Waals surface area contributed by atoms with Crippen LogP contribution in [-0.4, -0.2) is 9.97 Å². The minimum Gasteiger partial charge on any atom is -0.383 e. The highest BCUT2D eigenvalue weighted by Crippen LogP contribution is 2.21. The van der Waals surface area contributed by atoms with Gasteiger partial charge in [0.15, 0.2) is 0 Å². The van der Waals surface area contributed by atoms with E-state index in [9.17, 15) is 0 Å². The monoisotopic (exact) mass is 305 g/mol. The number of nitrogens with zero attached hydrogens (tertiary/aromatic N) is 2. The van der Waals surface area contributed by atoms with E-state index in [1.165, 1.54) is 0 Å². The first-order valence-electron chi connectivity index (χ1n) is 4.58. The smallest absolute Gasteiger partial charge is 0.140 e. The number of anilines is 1. The van der Waals surface area contributed by atoms with Crippen molar-refractivity contribution >= 4 is 28.4 Å². The number of nitrogen functional groups attached to an aromatic ring is 1. The minimum absolute atomic E-state index is 0.200. The molecule has 2 N–H and O–H groups in total. The number of hydrogen-bond acceptors (Lipinski definition) is 3. The van der Waals surface area contributed by atoms with E-state index in [1.54, 1.807) is 0 Å². The molecular formula is C10H16IN3. The van der Waals surface area contributed by atoms with Gasteiger partial charge >= 0.3 is 0 Å². The zero-order valence-corrected chi connectivity index (χ0v) is 11.2. The van der Waals surface area contributed by atoms with E-state index < -0.39 is 0 Å². The lowest BCUT2D eigenvalue weighted by Gasteiger charge is -2.17. The fraction of sp³-hybridized carbons (Fsp3) is 0.600. The van der Waals surface area contributed by atoms with E-state index in [4.69, 9.17) is 5.73 Å².